The number of carbonyl (C=O) groups is 2. The van der Waals surface area contributed by atoms with Gasteiger partial charge in [0, 0.05) is 11.8 Å². The van der Waals surface area contributed by atoms with Crippen LogP contribution in [0.25, 0.3) is 0 Å². The minimum Gasteiger partial charge on any atom is -0.362 e. The van der Waals surface area contributed by atoms with Gasteiger partial charge in [-0.1, -0.05) is 11.8 Å². The molecule has 0 unspecified atom stereocenters. The van der Waals surface area contributed by atoms with Crippen LogP contribution in [0.4, 0.5) is 5.82 Å². The third-order valence-electron chi connectivity index (χ3n) is 2.26. The fourth-order valence-electron chi connectivity index (χ4n) is 1.52. The van der Waals surface area contributed by atoms with Gasteiger partial charge in [0.2, 0.25) is 0 Å². The lowest BCUT2D eigenvalue weighted by Crippen LogP contribution is -2.46. The zero-order chi connectivity index (χ0) is 13.0. The summed E-state index contributed by atoms with van der Waals surface area (Å²) in [5.74, 6) is 4.92. The number of morpholine rings is 1. The lowest BCUT2D eigenvalue weighted by atomic mass is 10.2. The highest BCUT2D eigenvalue weighted by Crippen LogP contribution is 2.15. The average molecular weight is 245 g/mol. The Hall–Kier alpha value is -2.23. The molecule has 2 heterocycles. The summed E-state index contributed by atoms with van der Waals surface area (Å²) >= 11 is 0. The summed E-state index contributed by atoms with van der Waals surface area (Å²) in [5, 5.41) is 0. The minimum absolute atomic E-state index is 0.119. The summed E-state index contributed by atoms with van der Waals surface area (Å²) in [4.78, 5) is 28.2. The van der Waals surface area contributed by atoms with E-state index in [-0.39, 0.29) is 25.6 Å². The molecule has 1 saturated heterocycles. The second-order valence-electron chi connectivity index (χ2n) is 3.52. The molecule has 1 aliphatic rings. The number of ether oxygens (including phenoxy) is 1. The summed E-state index contributed by atoms with van der Waals surface area (Å²) in [6, 6.07) is 3.26. The van der Waals surface area contributed by atoms with Gasteiger partial charge in [-0.25, -0.2) is 9.88 Å². The van der Waals surface area contributed by atoms with E-state index in [2.05, 4.69) is 16.8 Å². The summed E-state index contributed by atoms with van der Waals surface area (Å²) in [7, 11) is 0. The van der Waals surface area contributed by atoms with E-state index in [9.17, 15) is 9.59 Å². The highest BCUT2D eigenvalue weighted by atomic mass is 16.5. The molecule has 2 amide bonds. The van der Waals surface area contributed by atoms with Crippen molar-refractivity contribution < 1.29 is 14.3 Å². The molecular formula is C12H11N3O3. The molecule has 0 saturated carbocycles. The van der Waals surface area contributed by atoms with Gasteiger partial charge in [0.1, 0.15) is 19.0 Å². The largest absolute Gasteiger partial charge is 0.362 e. The van der Waals surface area contributed by atoms with Crippen molar-refractivity contribution in [2.24, 2.45) is 5.73 Å². The fourth-order valence-corrected chi connectivity index (χ4v) is 1.52. The first kappa shape index (κ1) is 12.2. The van der Waals surface area contributed by atoms with Crippen molar-refractivity contribution in [1.82, 2.24) is 4.98 Å². The molecule has 2 rings (SSSR count). The molecule has 1 aromatic heterocycles. The SMILES string of the molecule is NCC#Cc1ccnc(N2C(=O)COCC2=O)c1. The van der Waals surface area contributed by atoms with Gasteiger partial charge in [0.25, 0.3) is 11.8 Å². The predicted octanol–water partition coefficient (Wildman–Crippen LogP) is -0.718. The number of aromatic nitrogens is 1. The van der Waals surface area contributed by atoms with Crippen LogP contribution in [0.2, 0.25) is 0 Å². The smallest absolute Gasteiger partial charge is 0.261 e. The zero-order valence-electron chi connectivity index (χ0n) is 9.55. The van der Waals surface area contributed by atoms with Crippen LogP contribution in [-0.2, 0) is 14.3 Å². The van der Waals surface area contributed by atoms with Crippen LogP contribution >= 0.6 is 0 Å². The van der Waals surface area contributed by atoms with E-state index in [0.717, 1.165) is 4.90 Å². The molecule has 1 fully saturated rings. The Labute approximate surface area is 104 Å². The number of imide groups is 1. The monoisotopic (exact) mass is 245 g/mol. The van der Waals surface area contributed by atoms with Crippen LogP contribution in [0, 0.1) is 11.8 Å². The number of pyridine rings is 1. The van der Waals surface area contributed by atoms with Crippen molar-refractivity contribution in [1.29, 1.82) is 0 Å². The standard InChI is InChI=1S/C12H11N3O3/c13-4-1-2-9-3-5-14-10(6-9)15-11(16)7-18-8-12(15)17/h3,5-6H,4,7-8,13H2. The molecule has 18 heavy (non-hydrogen) atoms. The van der Waals surface area contributed by atoms with Crippen molar-refractivity contribution in [3.8, 4) is 11.8 Å². The maximum Gasteiger partial charge on any atom is 0.261 e. The highest BCUT2D eigenvalue weighted by Gasteiger charge is 2.29. The lowest BCUT2D eigenvalue weighted by Gasteiger charge is -2.23. The van der Waals surface area contributed by atoms with Crippen LogP contribution in [0.5, 0.6) is 0 Å². The number of anilines is 1. The number of carbonyl (C=O) groups excluding carboxylic acids is 2. The van der Waals surface area contributed by atoms with Crippen molar-refractivity contribution in [2.75, 3.05) is 24.7 Å². The van der Waals surface area contributed by atoms with E-state index in [1.807, 2.05) is 0 Å². The molecule has 92 valence electrons. The van der Waals surface area contributed by atoms with E-state index in [0.29, 0.717) is 5.56 Å². The van der Waals surface area contributed by atoms with Gasteiger partial charge in [-0.2, -0.15) is 0 Å². The Balaban J connectivity index is 2.32. The molecule has 6 heteroatoms. The molecule has 0 radical (unpaired) electrons. The second kappa shape index (κ2) is 5.40. The number of nitrogens with two attached hydrogens (primary N) is 1. The van der Waals surface area contributed by atoms with Crippen molar-refractivity contribution in [2.45, 2.75) is 0 Å². The molecule has 0 bridgehead atoms. The minimum atomic E-state index is -0.428. The van der Waals surface area contributed by atoms with Crippen LogP contribution in [0.3, 0.4) is 0 Å². The summed E-state index contributed by atoms with van der Waals surface area (Å²) < 4.78 is 4.83. The third-order valence-corrected chi connectivity index (χ3v) is 2.26. The van der Waals surface area contributed by atoms with Crippen LogP contribution < -0.4 is 10.6 Å². The number of amides is 2. The Bertz CT molecular complexity index is 529. The van der Waals surface area contributed by atoms with E-state index in [1.54, 1.807) is 12.1 Å². The number of hydrogen-bond acceptors (Lipinski definition) is 5. The van der Waals surface area contributed by atoms with Gasteiger partial charge in [0.15, 0.2) is 0 Å². The predicted molar refractivity (Wildman–Crippen MR) is 63.5 cm³/mol. The molecule has 0 aromatic carbocycles. The lowest BCUT2D eigenvalue weighted by molar-refractivity contribution is -0.138. The second-order valence-corrected chi connectivity index (χ2v) is 3.52. The Morgan fingerprint density at radius 2 is 2.11 bits per heavy atom. The van der Waals surface area contributed by atoms with Gasteiger partial charge >= 0.3 is 0 Å². The van der Waals surface area contributed by atoms with E-state index in [4.69, 9.17) is 10.5 Å². The molecule has 1 aromatic rings. The summed E-state index contributed by atoms with van der Waals surface area (Å²) in [6.07, 6.45) is 1.49. The molecule has 1 aliphatic heterocycles. The van der Waals surface area contributed by atoms with E-state index in [1.165, 1.54) is 6.20 Å². The van der Waals surface area contributed by atoms with E-state index < -0.39 is 11.8 Å². The maximum atomic E-state index is 11.6. The molecule has 0 spiro atoms. The van der Waals surface area contributed by atoms with Gasteiger partial charge in [-0.3, -0.25) is 9.59 Å². The molecule has 0 aliphatic carbocycles. The topological polar surface area (TPSA) is 85.5 Å². The third kappa shape index (κ3) is 2.53. The van der Waals surface area contributed by atoms with Gasteiger partial charge in [-0.15, -0.1) is 0 Å². The van der Waals surface area contributed by atoms with Gasteiger partial charge < -0.3 is 10.5 Å². The van der Waals surface area contributed by atoms with Crippen LogP contribution in [0.1, 0.15) is 5.56 Å². The van der Waals surface area contributed by atoms with Crippen LogP contribution in [0.15, 0.2) is 18.3 Å². The summed E-state index contributed by atoms with van der Waals surface area (Å²) in [5.41, 5.74) is 5.93. The molecular weight excluding hydrogens is 234 g/mol. The molecule has 6 nitrogen and oxygen atoms in total. The quantitative estimate of drug-likeness (QED) is 0.521. The first-order valence-electron chi connectivity index (χ1n) is 5.31. The van der Waals surface area contributed by atoms with Gasteiger partial charge in [0.05, 0.1) is 6.54 Å². The zero-order valence-corrected chi connectivity index (χ0v) is 9.55. The number of hydrogen-bond donors (Lipinski definition) is 1. The Morgan fingerprint density at radius 3 is 2.78 bits per heavy atom. The first-order valence-corrected chi connectivity index (χ1v) is 5.31. The molecule has 0 atom stereocenters. The van der Waals surface area contributed by atoms with E-state index >= 15 is 0 Å². The average Bonchev–Trinajstić information content (AvgIpc) is 2.37. The molecule has 2 N–H and O–H groups in total. The van der Waals surface area contributed by atoms with Gasteiger partial charge in [-0.05, 0) is 12.1 Å². The maximum absolute atomic E-state index is 11.6. The van der Waals surface area contributed by atoms with Crippen molar-refractivity contribution >= 4 is 17.6 Å². The first-order chi connectivity index (χ1) is 8.72. The Kier molecular flexibility index (Phi) is 3.67. The summed E-state index contributed by atoms with van der Waals surface area (Å²) in [6.45, 7) is 0.00528. The number of nitrogens with zero attached hydrogens (tertiary/aromatic N) is 2. The van der Waals surface area contributed by atoms with Crippen molar-refractivity contribution in [3.63, 3.8) is 0 Å². The van der Waals surface area contributed by atoms with Crippen molar-refractivity contribution in [3.05, 3.63) is 23.9 Å². The highest BCUT2D eigenvalue weighted by molar-refractivity contribution is 6.16. The Morgan fingerprint density at radius 1 is 1.39 bits per heavy atom. The van der Waals surface area contributed by atoms with Crippen LogP contribution in [-0.4, -0.2) is 36.6 Å². The fraction of sp³-hybridized carbons (Fsp3) is 0.250. The number of rotatable bonds is 1. The normalized spacial score (nSPS) is 15.3.